The Morgan fingerprint density at radius 3 is 2.75 bits per heavy atom. The minimum atomic E-state index is -0.433. The van der Waals surface area contributed by atoms with Crippen LogP contribution in [0.15, 0.2) is 53.1 Å². The molecule has 2 heterocycles. The minimum Gasteiger partial charge on any atom is -0.258 e. The van der Waals surface area contributed by atoms with Gasteiger partial charge in [-0.3, -0.25) is 15.5 Å². The van der Waals surface area contributed by atoms with E-state index in [1.807, 2.05) is 24.4 Å². The molecule has 24 heavy (non-hydrogen) atoms. The minimum absolute atomic E-state index is 0.0141. The van der Waals surface area contributed by atoms with Gasteiger partial charge in [-0.1, -0.05) is 24.3 Å². The highest BCUT2D eigenvalue weighted by atomic mass is 32.1. The normalized spacial score (nSPS) is 10.9. The molecule has 1 aromatic carbocycles. The Morgan fingerprint density at radius 2 is 2.08 bits per heavy atom. The van der Waals surface area contributed by atoms with Crippen molar-refractivity contribution in [3.8, 4) is 11.3 Å². The van der Waals surface area contributed by atoms with E-state index < -0.39 is 4.92 Å². The van der Waals surface area contributed by atoms with E-state index in [4.69, 9.17) is 0 Å². The van der Waals surface area contributed by atoms with E-state index in [0.29, 0.717) is 11.3 Å². The Balaban J connectivity index is 1.75. The molecule has 8 heteroatoms. The van der Waals surface area contributed by atoms with Crippen LogP contribution in [-0.4, -0.2) is 21.1 Å². The lowest BCUT2D eigenvalue weighted by molar-refractivity contribution is -0.384. The second kappa shape index (κ2) is 6.97. The first-order chi connectivity index (χ1) is 11.6. The van der Waals surface area contributed by atoms with Gasteiger partial charge in [0.25, 0.3) is 5.69 Å². The number of aromatic nitrogens is 2. The lowest BCUT2D eigenvalue weighted by Gasteiger charge is -2.02. The van der Waals surface area contributed by atoms with E-state index in [1.165, 1.54) is 23.6 Å². The average molecular weight is 339 g/mol. The molecule has 0 saturated heterocycles. The molecule has 0 saturated carbocycles. The molecule has 1 N–H and O–H groups in total. The summed E-state index contributed by atoms with van der Waals surface area (Å²) < 4.78 is 0. The first-order valence-corrected chi connectivity index (χ1v) is 7.92. The fourth-order valence-corrected chi connectivity index (χ4v) is 2.70. The summed E-state index contributed by atoms with van der Waals surface area (Å²) in [5.74, 6) is 0. The van der Waals surface area contributed by atoms with Gasteiger partial charge in [-0.25, -0.2) is 9.97 Å². The average Bonchev–Trinajstić information content (AvgIpc) is 3.01. The molecule has 3 rings (SSSR count). The SMILES string of the molecule is Cc1csc(NN=Cc2ccc(-c3ncccc3[N+](=O)[O-])cc2)n1. The summed E-state index contributed by atoms with van der Waals surface area (Å²) in [4.78, 5) is 19.0. The number of hydrogen-bond donors (Lipinski definition) is 1. The van der Waals surface area contributed by atoms with Crippen LogP contribution >= 0.6 is 11.3 Å². The Labute approximate surface area is 141 Å². The molecule has 120 valence electrons. The third-order valence-corrected chi connectivity index (χ3v) is 4.02. The van der Waals surface area contributed by atoms with Gasteiger partial charge in [0.15, 0.2) is 0 Å². The third kappa shape index (κ3) is 3.61. The number of anilines is 1. The summed E-state index contributed by atoms with van der Waals surface area (Å²) in [6.07, 6.45) is 3.20. The number of hydrogen-bond acceptors (Lipinski definition) is 7. The van der Waals surface area contributed by atoms with Gasteiger partial charge in [-0.15, -0.1) is 11.3 Å². The Hall–Kier alpha value is -3.13. The molecule has 0 unspecified atom stereocenters. The number of nitrogens with zero attached hydrogens (tertiary/aromatic N) is 4. The number of benzene rings is 1. The number of nitrogens with one attached hydrogen (secondary N) is 1. The van der Waals surface area contributed by atoms with Crippen LogP contribution in [0.3, 0.4) is 0 Å². The molecule has 0 amide bonds. The van der Waals surface area contributed by atoms with Gasteiger partial charge < -0.3 is 0 Å². The van der Waals surface area contributed by atoms with Crippen LogP contribution in [0.1, 0.15) is 11.3 Å². The number of pyridine rings is 1. The van der Waals surface area contributed by atoms with Crippen molar-refractivity contribution in [3.63, 3.8) is 0 Å². The predicted octanol–water partition coefficient (Wildman–Crippen LogP) is 3.87. The van der Waals surface area contributed by atoms with Crippen LogP contribution in [0.4, 0.5) is 10.8 Å². The highest BCUT2D eigenvalue weighted by molar-refractivity contribution is 7.13. The van der Waals surface area contributed by atoms with E-state index in [-0.39, 0.29) is 5.69 Å². The number of nitro groups is 1. The van der Waals surface area contributed by atoms with Crippen molar-refractivity contribution >= 4 is 28.4 Å². The van der Waals surface area contributed by atoms with E-state index in [1.54, 1.807) is 24.4 Å². The van der Waals surface area contributed by atoms with Crippen molar-refractivity contribution in [3.05, 3.63) is 69.3 Å². The molecule has 0 fully saturated rings. The fourth-order valence-electron chi connectivity index (χ4n) is 2.06. The predicted molar refractivity (Wildman–Crippen MR) is 94.4 cm³/mol. The maximum atomic E-state index is 11.1. The van der Waals surface area contributed by atoms with Gasteiger partial charge in [0.05, 0.1) is 16.8 Å². The lowest BCUT2D eigenvalue weighted by Crippen LogP contribution is -1.94. The zero-order valence-corrected chi connectivity index (χ0v) is 13.5. The van der Waals surface area contributed by atoms with E-state index >= 15 is 0 Å². The van der Waals surface area contributed by atoms with Crippen LogP contribution in [0, 0.1) is 17.0 Å². The van der Waals surface area contributed by atoms with E-state index in [9.17, 15) is 10.1 Å². The van der Waals surface area contributed by atoms with Crippen molar-refractivity contribution < 1.29 is 4.92 Å². The molecule has 0 radical (unpaired) electrons. The van der Waals surface area contributed by atoms with E-state index in [0.717, 1.165) is 16.4 Å². The van der Waals surface area contributed by atoms with Crippen molar-refractivity contribution in [1.82, 2.24) is 9.97 Å². The molecule has 0 atom stereocenters. The summed E-state index contributed by atoms with van der Waals surface area (Å²) in [6, 6.07) is 10.2. The van der Waals surface area contributed by atoms with Gasteiger partial charge in [0, 0.05) is 23.2 Å². The Bertz CT molecular complexity index is 889. The smallest absolute Gasteiger partial charge is 0.258 e. The Morgan fingerprint density at radius 1 is 1.29 bits per heavy atom. The highest BCUT2D eigenvalue weighted by Crippen LogP contribution is 2.27. The van der Waals surface area contributed by atoms with Crippen molar-refractivity contribution in [2.45, 2.75) is 6.92 Å². The molecule has 0 spiro atoms. The zero-order valence-electron chi connectivity index (χ0n) is 12.7. The maximum absolute atomic E-state index is 11.1. The van der Waals surface area contributed by atoms with E-state index in [2.05, 4.69) is 20.5 Å². The number of rotatable bonds is 5. The summed E-state index contributed by atoms with van der Waals surface area (Å²) in [6.45, 7) is 1.92. The Kier molecular flexibility index (Phi) is 4.57. The van der Waals surface area contributed by atoms with Gasteiger partial charge in [-0.05, 0) is 18.6 Å². The van der Waals surface area contributed by atoms with Crippen molar-refractivity contribution in [2.75, 3.05) is 5.43 Å². The quantitative estimate of drug-likeness (QED) is 0.433. The largest absolute Gasteiger partial charge is 0.295 e. The van der Waals surface area contributed by atoms with Crippen LogP contribution in [0.2, 0.25) is 0 Å². The molecule has 0 aliphatic heterocycles. The van der Waals surface area contributed by atoms with Gasteiger partial charge in [0.1, 0.15) is 5.69 Å². The molecule has 3 aromatic rings. The molecular weight excluding hydrogens is 326 g/mol. The molecular formula is C16H13N5O2S. The maximum Gasteiger partial charge on any atom is 0.295 e. The number of aryl methyl sites for hydroxylation is 1. The van der Waals surface area contributed by atoms with Crippen LogP contribution in [-0.2, 0) is 0 Å². The molecule has 0 aliphatic rings. The monoisotopic (exact) mass is 339 g/mol. The summed E-state index contributed by atoms with van der Waals surface area (Å²) in [5, 5.41) is 17.9. The lowest BCUT2D eigenvalue weighted by atomic mass is 10.1. The summed E-state index contributed by atoms with van der Waals surface area (Å²) in [7, 11) is 0. The third-order valence-electron chi connectivity index (χ3n) is 3.16. The number of hydrazone groups is 1. The van der Waals surface area contributed by atoms with Gasteiger partial charge >= 0.3 is 0 Å². The van der Waals surface area contributed by atoms with Gasteiger partial charge in [-0.2, -0.15) is 5.10 Å². The standard InChI is InChI=1S/C16H13N5O2S/c1-11-10-24-16(19-11)20-18-9-12-4-6-13(7-5-12)15-14(21(22)23)3-2-8-17-15/h2-10H,1H3,(H,19,20). The second-order valence-electron chi connectivity index (χ2n) is 4.91. The fraction of sp³-hybridized carbons (Fsp3) is 0.0625. The number of thiazole rings is 1. The first kappa shape index (κ1) is 15.8. The second-order valence-corrected chi connectivity index (χ2v) is 5.77. The molecule has 0 bridgehead atoms. The van der Waals surface area contributed by atoms with Crippen molar-refractivity contribution in [2.24, 2.45) is 5.10 Å². The molecule has 7 nitrogen and oxygen atoms in total. The van der Waals surface area contributed by atoms with Crippen LogP contribution in [0.5, 0.6) is 0 Å². The summed E-state index contributed by atoms with van der Waals surface area (Å²) in [5.41, 5.74) is 5.68. The molecule has 0 aliphatic carbocycles. The van der Waals surface area contributed by atoms with Crippen LogP contribution < -0.4 is 5.43 Å². The zero-order chi connectivity index (χ0) is 16.9. The molecule has 2 aromatic heterocycles. The first-order valence-electron chi connectivity index (χ1n) is 7.04. The highest BCUT2D eigenvalue weighted by Gasteiger charge is 2.15. The van der Waals surface area contributed by atoms with Crippen molar-refractivity contribution in [1.29, 1.82) is 0 Å². The summed E-state index contributed by atoms with van der Waals surface area (Å²) >= 11 is 1.48. The van der Waals surface area contributed by atoms with Crippen LogP contribution in [0.25, 0.3) is 11.3 Å². The van der Waals surface area contributed by atoms with Gasteiger partial charge in [0.2, 0.25) is 5.13 Å². The topological polar surface area (TPSA) is 93.3 Å².